The van der Waals surface area contributed by atoms with E-state index >= 15 is 0 Å². The molecule has 0 aliphatic carbocycles. The summed E-state index contributed by atoms with van der Waals surface area (Å²) < 4.78 is 6.65. The summed E-state index contributed by atoms with van der Waals surface area (Å²) in [5.41, 5.74) is 3.67. The van der Waals surface area contributed by atoms with Crippen molar-refractivity contribution in [1.29, 1.82) is 0 Å². The Kier molecular flexibility index (Phi) is 5.29. The zero-order valence-corrected chi connectivity index (χ0v) is 17.3. The normalized spacial score (nSPS) is 16.5. The quantitative estimate of drug-likeness (QED) is 0.447. The number of fused-ring (bicyclic) bond motifs is 1. The second-order valence-electron chi connectivity index (χ2n) is 8.23. The van der Waals surface area contributed by atoms with Gasteiger partial charge in [-0.1, -0.05) is 66.7 Å². The van der Waals surface area contributed by atoms with Crippen molar-refractivity contribution in [3.8, 4) is 5.75 Å². The molecule has 3 aromatic carbocycles. The van der Waals surface area contributed by atoms with E-state index in [9.17, 15) is 0 Å². The Hall–Kier alpha value is -3.04. The van der Waals surface area contributed by atoms with Gasteiger partial charge in [0.15, 0.2) is 0 Å². The molecule has 1 fully saturated rings. The van der Waals surface area contributed by atoms with Gasteiger partial charge in [-0.2, -0.15) is 0 Å². The molecule has 1 aliphatic heterocycles. The van der Waals surface area contributed by atoms with Crippen LogP contribution in [0.4, 0.5) is 0 Å². The number of piperidine rings is 1. The zero-order chi connectivity index (χ0) is 20.2. The molecule has 0 amide bonds. The maximum absolute atomic E-state index is 6.65. The minimum Gasteiger partial charge on any atom is -0.482 e. The second-order valence-corrected chi connectivity index (χ2v) is 8.23. The standard InChI is InChI=1S/C27H28N2O/c1-3-9-23(10-4-1)27(30-24-11-5-2-6-12-24)16-19-29(20-17-27)18-15-22-21-28-26-14-8-7-13-25(22)26/h1-14,21,28H,15-20H2. The number of hydrogen-bond donors (Lipinski definition) is 1. The molecule has 1 aromatic heterocycles. The molecule has 0 bridgehead atoms. The third-order valence-corrected chi connectivity index (χ3v) is 6.39. The van der Waals surface area contributed by atoms with Crippen LogP contribution in [0.2, 0.25) is 0 Å². The first-order chi connectivity index (χ1) is 14.8. The molecule has 5 rings (SSSR count). The van der Waals surface area contributed by atoms with Crippen LogP contribution in [0.1, 0.15) is 24.0 Å². The van der Waals surface area contributed by atoms with Crippen molar-refractivity contribution < 1.29 is 4.74 Å². The lowest BCUT2D eigenvalue weighted by atomic mass is 9.84. The van der Waals surface area contributed by atoms with E-state index < -0.39 is 0 Å². The van der Waals surface area contributed by atoms with Gasteiger partial charge in [0.2, 0.25) is 0 Å². The van der Waals surface area contributed by atoms with E-state index in [1.807, 2.05) is 18.2 Å². The lowest BCUT2D eigenvalue weighted by Gasteiger charge is -2.42. The highest BCUT2D eigenvalue weighted by Crippen LogP contribution is 2.38. The average molecular weight is 397 g/mol. The van der Waals surface area contributed by atoms with E-state index in [1.165, 1.54) is 22.0 Å². The fourth-order valence-electron chi connectivity index (χ4n) is 4.66. The predicted molar refractivity (Wildman–Crippen MR) is 123 cm³/mol. The Balaban J connectivity index is 1.28. The van der Waals surface area contributed by atoms with Crippen LogP contribution in [0.5, 0.6) is 5.75 Å². The summed E-state index contributed by atoms with van der Waals surface area (Å²) in [6.07, 6.45) is 5.24. The summed E-state index contributed by atoms with van der Waals surface area (Å²) in [5, 5.41) is 1.35. The van der Waals surface area contributed by atoms with Crippen molar-refractivity contribution in [2.24, 2.45) is 0 Å². The minimum absolute atomic E-state index is 0.250. The van der Waals surface area contributed by atoms with Gasteiger partial charge < -0.3 is 14.6 Å². The number of benzene rings is 3. The molecule has 4 aromatic rings. The Bertz CT molecular complexity index is 1080. The molecule has 0 spiro atoms. The lowest BCUT2D eigenvalue weighted by molar-refractivity contribution is -0.00245. The SMILES string of the molecule is c1ccc(OC2(c3ccccc3)CCN(CCc3c[nH]c4ccccc34)CC2)cc1. The first kappa shape index (κ1) is 19.0. The van der Waals surface area contributed by atoms with Gasteiger partial charge >= 0.3 is 0 Å². The number of hydrogen-bond acceptors (Lipinski definition) is 2. The van der Waals surface area contributed by atoms with Crippen molar-refractivity contribution in [3.05, 3.63) is 102 Å². The van der Waals surface area contributed by atoms with Crippen LogP contribution >= 0.6 is 0 Å². The third kappa shape index (κ3) is 3.86. The van der Waals surface area contributed by atoms with Gasteiger partial charge in [-0.15, -0.1) is 0 Å². The highest BCUT2D eigenvalue weighted by molar-refractivity contribution is 5.83. The molecule has 0 radical (unpaired) electrons. The molecule has 152 valence electrons. The van der Waals surface area contributed by atoms with E-state index in [1.54, 1.807) is 0 Å². The number of nitrogens with one attached hydrogen (secondary N) is 1. The van der Waals surface area contributed by atoms with E-state index in [4.69, 9.17) is 4.74 Å². The van der Waals surface area contributed by atoms with Crippen LogP contribution in [-0.2, 0) is 12.0 Å². The van der Waals surface area contributed by atoms with Gasteiger partial charge in [0.25, 0.3) is 0 Å². The molecule has 1 aliphatic rings. The van der Waals surface area contributed by atoms with Crippen LogP contribution < -0.4 is 4.74 Å². The van der Waals surface area contributed by atoms with Gasteiger partial charge in [0, 0.05) is 49.6 Å². The van der Waals surface area contributed by atoms with Gasteiger partial charge in [-0.05, 0) is 35.7 Å². The monoisotopic (exact) mass is 396 g/mol. The van der Waals surface area contributed by atoms with Crippen LogP contribution in [0, 0.1) is 0 Å². The molecule has 1 N–H and O–H groups in total. The van der Waals surface area contributed by atoms with Crippen molar-refractivity contribution in [1.82, 2.24) is 9.88 Å². The Morgan fingerprint density at radius 3 is 2.23 bits per heavy atom. The van der Waals surface area contributed by atoms with Crippen molar-refractivity contribution >= 4 is 10.9 Å². The molecule has 0 unspecified atom stereocenters. The summed E-state index contributed by atoms with van der Waals surface area (Å²) in [6.45, 7) is 3.17. The van der Waals surface area contributed by atoms with E-state index in [0.29, 0.717) is 0 Å². The Labute approximate surface area is 178 Å². The Morgan fingerprint density at radius 1 is 0.800 bits per heavy atom. The summed E-state index contributed by atoms with van der Waals surface area (Å²) in [7, 11) is 0. The van der Waals surface area contributed by atoms with E-state index in [2.05, 4.69) is 82.8 Å². The number of likely N-dealkylation sites (tertiary alicyclic amines) is 1. The smallest absolute Gasteiger partial charge is 0.136 e. The zero-order valence-electron chi connectivity index (χ0n) is 17.3. The molecule has 0 atom stereocenters. The van der Waals surface area contributed by atoms with Crippen LogP contribution in [0.15, 0.2) is 91.1 Å². The number of aromatic nitrogens is 1. The van der Waals surface area contributed by atoms with Crippen molar-refractivity contribution in [2.45, 2.75) is 24.9 Å². The van der Waals surface area contributed by atoms with Gasteiger partial charge in [-0.3, -0.25) is 0 Å². The second kappa shape index (κ2) is 8.37. The number of nitrogens with zero attached hydrogens (tertiary/aromatic N) is 1. The fourth-order valence-corrected chi connectivity index (χ4v) is 4.66. The topological polar surface area (TPSA) is 28.3 Å². The molecular weight excluding hydrogens is 368 g/mol. The molecular formula is C27H28N2O. The summed E-state index contributed by atoms with van der Waals surface area (Å²) >= 11 is 0. The molecule has 3 heteroatoms. The predicted octanol–water partition coefficient (Wildman–Crippen LogP) is 5.78. The minimum atomic E-state index is -0.250. The summed E-state index contributed by atoms with van der Waals surface area (Å²) in [6, 6.07) is 29.6. The van der Waals surface area contributed by atoms with Crippen molar-refractivity contribution in [2.75, 3.05) is 19.6 Å². The van der Waals surface area contributed by atoms with Crippen LogP contribution in [-0.4, -0.2) is 29.5 Å². The number of H-pyrrole nitrogens is 1. The number of aromatic amines is 1. The van der Waals surface area contributed by atoms with E-state index in [-0.39, 0.29) is 5.60 Å². The maximum atomic E-state index is 6.65. The lowest BCUT2D eigenvalue weighted by Crippen LogP contribution is -2.46. The largest absolute Gasteiger partial charge is 0.482 e. The third-order valence-electron chi connectivity index (χ3n) is 6.39. The molecule has 30 heavy (non-hydrogen) atoms. The van der Waals surface area contributed by atoms with Crippen molar-refractivity contribution in [3.63, 3.8) is 0 Å². The fraction of sp³-hybridized carbons (Fsp3) is 0.259. The molecule has 0 saturated carbocycles. The molecule has 1 saturated heterocycles. The van der Waals surface area contributed by atoms with Gasteiger partial charge in [0.05, 0.1) is 0 Å². The first-order valence-corrected chi connectivity index (χ1v) is 10.9. The van der Waals surface area contributed by atoms with Crippen LogP contribution in [0.25, 0.3) is 10.9 Å². The van der Waals surface area contributed by atoms with E-state index in [0.717, 1.165) is 44.6 Å². The number of rotatable bonds is 6. The number of para-hydroxylation sites is 2. The summed E-state index contributed by atoms with van der Waals surface area (Å²) in [5.74, 6) is 0.952. The summed E-state index contributed by atoms with van der Waals surface area (Å²) in [4.78, 5) is 5.98. The molecule has 3 nitrogen and oxygen atoms in total. The maximum Gasteiger partial charge on any atom is 0.136 e. The Morgan fingerprint density at radius 2 is 1.47 bits per heavy atom. The first-order valence-electron chi connectivity index (χ1n) is 10.9. The van der Waals surface area contributed by atoms with Crippen LogP contribution in [0.3, 0.4) is 0 Å². The van der Waals surface area contributed by atoms with Gasteiger partial charge in [0.1, 0.15) is 11.4 Å². The highest BCUT2D eigenvalue weighted by atomic mass is 16.5. The number of ether oxygens (including phenoxy) is 1. The highest BCUT2D eigenvalue weighted by Gasteiger charge is 2.38. The molecule has 2 heterocycles. The average Bonchev–Trinajstić information content (AvgIpc) is 3.23. The van der Waals surface area contributed by atoms with Gasteiger partial charge in [-0.25, -0.2) is 0 Å².